The topological polar surface area (TPSA) is 54.4 Å². The first-order valence-corrected chi connectivity index (χ1v) is 7.06. The van der Waals surface area contributed by atoms with Crippen LogP contribution in [-0.4, -0.2) is 16.9 Å². The lowest BCUT2D eigenvalue weighted by Crippen LogP contribution is -2.23. The van der Waals surface area contributed by atoms with Gasteiger partial charge in [0.1, 0.15) is 11.6 Å². The molecule has 0 saturated heterocycles. The van der Waals surface area contributed by atoms with E-state index in [1.807, 2.05) is 0 Å². The molecule has 1 saturated carbocycles. The molecule has 1 aromatic rings. The minimum absolute atomic E-state index is 0.0464. The number of ketones is 1. The van der Waals surface area contributed by atoms with Crippen LogP contribution in [0.5, 0.6) is 0 Å². The Morgan fingerprint density at radius 1 is 1.20 bits per heavy atom. The molecule has 0 heterocycles. The van der Waals surface area contributed by atoms with Crippen LogP contribution in [0, 0.1) is 17.7 Å². The molecule has 108 valence electrons. The molecule has 1 fully saturated rings. The van der Waals surface area contributed by atoms with Crippen molar-refractivity contribution in [3.05, 3.63) is 35.6 Å². The second-order valence-corrected chi connectivity index (χ2v) is 5.52. The van der Waals surface area contributed by atoms with E-state index < -0.39 is 11.9 Å². The standard InChI is InChI=1S/C16H19FO3/c17-14-7-5-11(6-8-14)9-13(16(19)20)10-15(18)12-3-1-2-4-12/h5-8,12-13H,1-4,9-10H2,(H,19,20). The van der Waals surface area contributed by atoms with E-state index in [0.29, 0.717) is 0 Å². The van der Waals surface area contributed by atoms with Gasteiger partial charge < -0.3 is 5.11 Å². The minimum Gasteiger partial charge on any atom is -0.481 e. The summed E-state index contributed by atoms with van der Waals surface area (Å²) in [5.74, 6) is -1.90. The third-order valence-corrected chi connectivity index (χ3v) is 4.00. The van der Waals surface area contributed by atoms with E-state index in [4.69, 9.17) is 0 Å². The van der Waals surface area contributed by atoms with Gasteiger partial charge in [-0.3, -0.25) is 9.59 Å². The maximum atomic E-state index is 12.8. The van der Waals surface area contributed by atoms with E-state index in [1.165, 1.54) is 12.1 Å². The van der Waals surface area contributed by atoms with Crippen LogP contribution in [0.2, 0.25) is 0 Å². The number of carboxylic acids is 1. The molecule has 0 spiro atoms. The Balaban J connectivity index is 1.98. The smallest absolute Gasteiger partial charge is 0.307 e. The molecule has 2 rings (SSSR count). The normalized spacial score (nSPS) is 17.1. The molecule has 1 aromatic carbocycles. The van der Waals surface area contributed by atoms with Crippen LogP contribution >= 0.6 is 0 Å². The van der Waals surface area contributed by atoms with Gasteiger partial charge in [-0.05, 0) is 37.0 Å². The van der Waals surface area contributed by atoms with Gasteiger partial charge in [-0.25, -0.2) is 4.39 Å². The van der Waals surface area contributed by atoms with Crippen LogP contribution in [-0.2, 0) is 16.0 Å². The van der Waals surface area contributed by atoms with Crippen LogP contribution in [0.4, 0.5) is 4.39 Å². The lowest BCUT2D eigenvalue weighted by molar-refractivity contribution is -0.144. The number of benzene rings is 1. The average molecular weight is 278 g/mol. The van der Waals surface area contributed by atoms with Crippen molar-refractivity contribution in [2.24, 2.45) is 11.8 Å². The summed E-state index contributed by atoms with van der Waals surface area (Å²) in [5.41, 5.74) is 0.748. The van der Waals surface area contributed by atoms with E-state index in [9.17, 15) is 19.1 Å². The van der Waals surface area contributed by atoms with Gasteiger partial charge in [-0.1, -0.05) is 25.0 Å². The number of carboxylic acid groups (broad SMARTS) is 1. The SMILES string of the molecule is O=C(O)C(CC(=O)C1CCCC1)Cc1ccc(F)cc1. The molecule has 0 radical (unpaired) electrons. The number of hydrogen-bond acceptors (Lipinski definition) is 2. The number of aliphatic carboxylic acids is 1. The van der Waals surface area contributed by atoms with Crippen LogP contribution in [0.1, 0.15) is 37.7 Å². The van der Waals surface area contributed by atoms with E-state index in [-0.39, 0.29) is 30.4 Å². The summed E-state index contributed by atoms with van der Waals surface area (Å²) in [6.45, 7) is 0. The van der Waals surface area contributed by atoms with E-state index >= 15 is 0 Å². The zero-order valence-electron chi connectivity index (χ0n) is 11.3. The molecule has 0 aliphatic heterocycles. The minimum atomic E-state index is -0.958. The van der Waals surface area contributed by atoms with Crippen LogP contribution in [0.15, 0.2) is 24.3 Å². The predicted molar refractivity (Wildman–Crippen MR) is 72.8 cm³/mol. The summed E-state index contributed by atoms with van der Waals surface area (Å²) in [5, 5.41) is 9.25. The number of rotatable bonds is 6. The Morgan fingerprint density at radius 3 is 2.35 bits per heavy atom. The van der Waals surface area contributed by atoms with Crippen molar-refractivity contribution in [1.82, 2.24) is 0 Å². The van der Waals surface area contributed by atoms with Gasteiger partial charge in [0.2, 0.25) is 0 Å². The summed E-state index contributed by atoms with van der Waals surface area (Å²) in [6.07, 6.45) is 4.26. The summed E-state index contributed by atoms with van der Waals surface area (Å²) < 4.78 is 12.8. The van der Waals surface area contributed by atoms with Crippen LogP contribution in [0.3, 0.4) is 0 Å². The predicted octanol–water partition coefficient (Wildman–Crippen LogP) is 3.22. The lowest BCUT2D eigenvalue weighted by atomic mass is 9.89. The van der Waals surface area contributed by atoms with Gasteiger partial charge in [-0.15, -0.1) is 0 Å². The van der Waals surface area contributed by atoms with Crippen molar-refractivity contribution in [1.29, 1.82) is 0 Å². The Labute approximate surface area is 117 Å². The molecular formula is C16H19FO3. The number of halogens is 1. The van der Waals surface area contributed by atoms with Gasteiger partial charge in [0, 0.05) is 12.3 Å². The number of Topliss-reactive ketones (excluding diaryl/α,β-unsaturated/α-hetero) is 1. The second kappa shape index (κ2) is 6.64. The summed E-state index contributed by atoms with van der Waals surface area (Å²) in [6, 6.07) is 5.77. The molecule has 1 N–H and O–H groups in total. The van der Waals surface area contributed by atoms with Crippen molar-refractivity contribution in [3.63, 3.8) is 0 Å². The Kier molecular flexibility index (Phi) is 4.88. The van der Waals surface area contributed by atoms with Crippen molar-refractivity contribution < 1.29 is 19.1 Å². The van der Waals surface area contributed by atoms with Crippen LogP contribution in [0.25, 0.3) is 0 Å². The zero-order chi connectivity index (χ0) is 14.5. The molecular weight excluding hydrogens is 259 g/mol. The lowest BCUT2D eigenvalue weighted by Gasteiger charge is -2.14. The fourth-order valence-electron chi connectivity index (χ4n) is 2.81. The largest absolute Gasteiger partial charge is 0.481 e. The third kappa shape index (κ3) is 3.89. The Bertz CT molecular complexity index is 475. The van der Waals surface area contributed by atoms with Gasteiger partial charge >= 0.3 is 5.97 Å². The maximum absolute atomic E-state index is 12.8. The quantitative estimate of drug-likeness (QED) is 0.869. The molecule has 0 bridgehead atoms. The first kappa shape index (κ1) is 14.7. The fourth-order valence-corrected chi connectivity index (χ4v) is 2.81. The van der Waals surface area contributed by atoms with E-state index in [2.05, 4.69) is 0 Å². The molecule has 3 nitrogen and oxygen atoms in total. The van der Waals surface area contributed by atoms with Gasteiger partial charge in [0.05, 0.1) is 5.92 Å². The third-order valence-electron chi connectivity index (χ3n) is 4.00. The van der Waals surface area contributed by atoms with E-state index in [0.717, 1.165) is 31.2 Å². The molecule has 1 unspecified atom stereocenters. The first-order chi connectivity index (χ1) is 9.56. The van der Waals surface area contributed by atoms with Crippen molar-refractivity contribution in [2.45, 2.75) is 38.5 Å². The number of carbonyl (C=O) groups is 2. The van der Waals surface area contributed by atoms with E-state index in [1.54, 1.807) is 12.1 Å². The zero-order valence-corrected chi connectivity index (χ0v) is 11.3. The summed E-state index contributed by atoms with van der Waals surface area (Å²) in [4.78, 5) is 23.4. The molecule has 4 heteroatoms. The molecule has 1 aliphatic carbocycles. The maximum Gasteiger partial charge on any atom is 0.307 e. The molecule has 1 atom stereocenters. The van der Waals surface area contributed by atoms with Crippen molar-refractivity contribution in [3.8, 4) is 0 Å². The summed E-state index contributed by atoms with van der Waals surface area (Å²) >= 11 is 0. The number of hydrogen-bond donors (Lipinski definition) is 1. The van der Waals surface area contributed by atoms with Gasteiger partial charge in [0.25, 0.3) is 0 Å². The molecule has 20 heavy (non-hydrogen) atoms. The highest BCUT2D eigenvalue weighted by Crippen LogP contribution is 2.28. The molecule has 0 amide bonds. The Hall–Kier alpha value is -1.71. The highest BCUT2D eigenvalue weighted by atomic mass is 19.1. The van der Waals surface area contributed by atoms with Crippen LogP contribution < -0.4 is 0 Å². The van der Waals surface area contributed by atoms with Gasteiger partial charge in [0.15, 0.2) is 0 Å². The second-order valence-electron chi connectivity index (χ2n) is 5.52. The fraction of sp³-hybridized carbons (Fsp3) is 0.500. The number of carbonyl (C=O) groups excluding carboxylic acids is 1. The average Bonchev–Trinajstić information content (AvgIpc) is 2.94. The first-order valence-electron chi connectivity index (χ1n) is 7.06. The van der Waals surface area contributed by atoms with Crippen molar-refractivity contribution >= 4 is 11.8 Å². The highest BCUT2D eigenvalue weighted by Gasteiger charge is 2.28. The summed E-state index contributed by atoms with van der Waals surface area (Å²) in [7, 11) is 0. The van der Waals surface area contributed by atoms with Crippen molar-refractivity contribution in [2.75, 3.05) is 0 Å². The molecule has 0 aromatic heterocycles. The van der Waals surface area contributed by atoms with Gasteiger partial charge in [-0.2, -0.15) is 0 Å². The Morgan fingerprint density at radius 2 is 1.80 bits per heavy atom. The monoisotopic (exact) mass is 278 g/mol. The highest BCUT2D eigenvalue weighted by molar-refractivity contribution is 5.85. The molecule has 1 aliphatic rings.